The average molecular weight is 533 g/mol. The van der Waals surface area contributed by atoms with Gasteiger partial charge in [0.25, 0.3) is 5.91 Å². The van der Waals surface area contributed by atoms with Crippen LogP contribution in [-0.2, 0) is 0 Å². The van der Waals surface area contributed by atoms with Gasteiger partial charge in [-0.25, -0.2) is 9.37 Å². The number of hydrogen-bond acceptors (Lipinski definition) is 8. The van der Waals surface area contributed by atoms with Crippen molar-refractivity contribution in [3.63, 3.8) is 0 Å². The van der Waals surface area contributed by atoms with Crippen molar-refractivity contribution in [2.45, 2.75) is 12.5 Å². The molecule has 11 heteroatoms. The molecule has 3 rings (SSSR count). The summed E-state index contributed by atoms with van der Waals surface area (Å²) in [6, 6.07) is 10.3. The summed E-state index contributed by atoms with van der Waals surface area (Å²) < 4.78 is 29.6. The lowest BCUT2D eigenvalue weighted by Crippen LogP contribution is -2.41. The number of ketones is 1. The minimum Gasteiger partial charge on any atom is -0.494 e. The Morgan fingerprint density at radius 2 is 1.73 bits per heavy atom. The number of nitrogens with one attached hydrogen (secondary N) is 1. The molecule has 0 aliphatic heterocycles. The van der Waals surface area contributed by atoms with Crippen molar-refractivity contribution < 1.29 is 38.4 Å². The topological polar surface area (TPSA) is 127 Å². The van der Waals surface area contributed by atoms with Crippen LogP contribution in [0.4, 0.5) is 4.39 Å². The number of hydrogen-bond donors (Lipinski definition) is 3. The number of halogens is 2. The van der Waals surface area contributed by atoms with Gasteiger partial charge in [-0.1, -0.05) is 11.6 Å². The van der Waals surface area contributed by atoms with Gasteiger partial charge in [-0.15, -0.1) is 0 Å². The number of carbonyl (C=O) groups is 2. The minimum atomic E-state index is -1.10. The molecule has 0 aliphatic rings. The lowest BCUT2D eigenvalue weighted by atomic mass is 10.0. The smallest absolute Gasteiger partial charge is 0.252 e. The number of rotatable bonds is 12. The van der Waals surface area contributed by atoms with Crippen LogP contribution >= 0.6 is 11.6 Å². The maximum absolute atomic E-state index is 13.7. The first kappa shape index (κ1) is 27.9. The van der Waals surface area contributed by atoms with E-state index in [2.05, 4.69) is 10.3 Å². The molecule has 1 aromatic heterocycles. The normalized spacial score (nSPS) is 11.5. The van der Waals surface area contributed by atoms with E-state index < -0.39 is 23.5 Å². The van der Waals surface area contributed by atoms with E-state index >= 15 is 0 Å². The van der Waals surface area contributed by atoms with Gasteiger partial charge in [-0.3, -0.25) is 9.59 Å². The van der Waals surface area contributed by atoms with Crippen molar-refractivity contribution in [2.24, 2.45) is 0 Å². The van der Waals surface area contributed by atoms with E-state index in [4.69, 9.17) is 30.9 Å². The highest BCUT2D eigenvalue weighted by Gasteiger charge is 2.25. The van der Waals surface area contributed by atoms with Crippen LogP contribution in [0.15, 0.2) is 48.5 Å². The van der Waals surface area contributed by atoms with E-state index in [-0.39, 0.29) is 54.0 Å². The summed E-state index contributed by atoms with van der Waals surface area (Å²) in [5.74, 6) is -0.797. The van der Waals surface area contributed by atoms with Gasteiger partial charge in [0.05, 0.1) is 31.9 Å². The third kappa shape index (κ3) is 6.73. The van der Waals surface area contributed by atoms with Crippen molar-refractivity contribution in [1.82, 2.24) is 10.3 Å². The third-order valence-corrected chi connectivity index (χ3v) is 5.63. The molecule has 3 aromatic rings. The standard InChI is InChI=1S/C26H26ClFN2O7/c1-35-22-8-6-19(29-24(22)15-3-5-18(28)17(27)13-15)25(33)20(9-10-31)30-26(34)16-4-7-21(37-12-11-32)23(14-16)36-2/h3-8,13-14,20,31-32H,9-12H2,1-2H3,(H,30,34)/t20-/m1/s1. The molecule has 1 atom stereocenters. The maximum Gasteiger partial charge on any atom is 0.252 e. The molecule has 196 valence electrons. The van der Waals surface area contributed by atoms with Crippen LogP contribution < -0.4 is 19.5 Å². The molecule has 0 fully saturated rings. The van der Waals surface area contributed by atoms with E-state index in [0.717, 1.165) is 0 Å². The van der Waals surface area contributed by atoms with Gasteiger partial charge in [-0.05, 0) is 55.0 Å². The van der Waals surface area contributed by atoms with Gasteiger partial charge in [0, 0.05) is 17.7 Å². The number of ether oxygens (including phenoxy) is 3. The molecule has 3 N–H and O–H groups in total. The second-order valence-corrected chi connectivity index (χ2v) is 8.12. The van der Waals surface area contributed by atoms with Crippen molar-refractivity contribution >= 4 is 23.3 Å². The molecular weight excluding hydrogens is 507 g/mol. The summed E-state index contributed by atoms with van der Waals surface area (Å²) in [4.78, 5) is 30.7. The summed E-state index contributed by atoms with van der Waals surface area (Å²) in [6.45, 7) is -0.508. The van der Waals surface area contributed by atoms with Gasteiger partial charge in [0.1, 0.15) is 29.6 Å². The Morgan fingerprint density at radius 3 is 2.38 bits per heavy atom. The van der Waals surface area contributed by atoms with E-state index in [1.807, 2.05) is 0 Å². The quantitative estimate of drug-likeness (QED) is 0.303. The highest BCUT2D eigenvalue weighted by Crippen LogP contribution is 2.31. The maximum atomic E-state index is 13.7. The summed E-state index contributed by atoms with van der Waals surface area (Å²) in [7, 11) is 2.83. The van der Waals surface area contributed by atoms with Crippen molar-refractivity contribution in [3.05, 3.63) is 70.6 Å². The second-order valence-electron chi connectivity index (χ2n) is 7.72. The number of nitrogens with zero attached hydrogens (tertiary/aromatic N) is 1. The fourth-order valence-corrected chi connectivity index (χ4v) is 3.68. The first-order chi connectivity index (χ1) is 17.8. The molecule has 1 amide bonds. The zero-order chi connectivity index (χ0) is 26.9. The zero-order valence-electron chi connectivity index (χ0n) is 20.2. The van der Waals surface area contributed by atoms with Gasteiger partial charge < -0.3 is 29.7 Å². The second kappa shape index (κ2) is 13.0. The van der Waals surface area contributed by atoms with Crippen molar-refractivity contribution in [1.29, 1.82) is 0 Å². The predicted octanol–water partition coefficient (Wildman–Crippen LogP) is 3.29. The van der Waals surface area contributed by atoms with E-state index in [1.54, 1.807) is 0 Å². The van der Waals surface area contributed by atoms with Crippen LogP contribution in [0.5, 0.6) is 17.2 Å². The van der Waals surface area contributed by atoms with E-state index in [9.17, 15) is 19.1 Å². The van der Waals surface area contributed by atoms with Crippen LogP contribution in [0.1, 0.15) is 27.3 Å². The minimum absolute atomic E-state index is 0.000305. The lowest BCUT2D eigenvalue weighted by molar-refractivity contribution is 0.0837. The Hall–Kier alpha value is -3.73. The zero-order valence-corrected chi connectivity index (χ0v) is 20.9. The highest BCUT2D eigenvalue weighted by atomic mass is 35.5. The Morgan fingerprint density at radius 1 is 1.00 bits per heavy atom. The van der Waals surface area contributed by atoms with Gasteiger partial charge in [-0.2, -0.15) is 0 Å². The average Bonchev–Trinajstić information content (AvgIpc) is 2.92. The Labute approximate surface area is 217 Å². The number of methoxy groups -OCH3 is 2. The molecule has 0 saturated carbocycles. The number of benzene rings is 2. The molecule has 0 radical (unpaired) electrons. The lowest BCUT2D eigenvalue weighted by Gasteiger charge is -2.18. The predicted molar refractivity (Wildman–Crippen MR) is 134 cm³/mol. The monoisotopic (exact) mass is 532 g/mol. The summed E-state index contributed by atoms with van der Waals surface area (Å²) in [6.07, 6.45) is -0.0647. The van der Waals surface area contributed by atoms with Crippen LogP contribution in [-0.4, -0.2) is 67.0 Å². The molecule has 9 nitrogen and oxygen atoms in total. The van der Waals surface area contributed by atoms with Crippen molar-refractivity contribution in [3.8, 4) is 28.5 Å². The molecule has 0 spiro atoms. The van der Waals surface area contributed by atoms with Gasteiger partial charge >= 0.3 is 0 Å². The van der Waals surface area contributed by atoms with Gasteiger partial charge in [0.15, 0.2) is 11.5 Å². The summed E-state index contributed by atoms with van der Waals surface area (Å²) in [5.41, 5.74) is 0.873. The van der Waals surface area contributed by atoms with E-state index in [0.29, 0.717) is 17.1 Å². The molecule has 2 aromatic carbocycles. The van der Waals surface area contributed by atoms with Crippen LogP contribution in [0.25, 0.3) is 11.3 Å². The molecule has 0 bridgehead atoms. The number of Topliss-reactive ketones (excluding diaryl/α,β-unsaturated/α-hetero) is 1. The number of pyridine rings is 1. The fraction of sp³-hybridized carbons (Fsp3) is 0.269. The first-order valence-electron chi connectivity index (χ1n) is 11.2. The third-order valence-electron chi connectivity index (χ3n) is 5.34. The molecule has 1 heterocycles. The van der Waals surface area contributed by atoms with Gasteiger partial charge in [0.2, 0.25) is 5.78 Å². The van der Waals surface area contributed by atoms with Crippen LogP contribution in [0.3, 0.4) is 0 Å². The fourth-order valence-electron chi connectivity index (χ4n) is 3.50. The Kier molecular flexibility index (Phi) is 9.78. The molecular formula is C26H26ClFN2O7. The molecule has 0 unspecified atom stereocenters. The number of aliphatic hydroxyl groups is 2. The number of carbonyl (C=O) groups excluding carboxylic acids is 2. The Balaban J connectivity index is 1.88. The SMILES string of the molecule is COc1cc(C(=O)N[C@H](CCO)C(=O)c2ccc(OC)c(-c3ccc(F)c(Cl)c3)n2)ccc1OCCO. The van der Waals surface area contributed by atoms with Crippen molar-refractivity contribution in [2.75, 3.05) is 34.0 Å². The van der Waals surface area contributed by atoms with Crippen LogP contribution in [0.2, 0.25) is 5.02 Å². The molecule has 37 heavy (non-hydrogen) atoms. The molecule has 0 saturated heterocycles. The number of aliphatic hydroxyl groups excluding tert-OH is 2. The Bertz CT molecular complexity index is 1270. The highest BCUT2D eigenvalue weighted by molar-refractivity contribution is 6.31. The largest absolute Gasteiger partial charge is 0.494 e. The van der Waals surface area contributed by atoms with Crippen LogP contribution in [0, 0.1) is 5.82 Å². The number of amides is 1. The summed E-state index contributed by atoms with van der Waals surface area (Å²) in [5, 5.41) is 21.0. The summed E-state index contributed by atoms with van der Waals surface area (Å²) >= 11 is 5.91. The molecule has 0 aliphatic carbocycles. The number of aromatic nitrogens is 1. The first-order valence-corrected chi connectivity index (χ1v) is 11.6. The van der Waals surface area contributed by atoms with E-state index in [1.165, 1.54) is 62.8 Å².